The Kier molecular flexibility index (Phi) is 10.8. The number of carbonyl (C=O) groups excluding carboxylic acids is 3. The van der Waals surface area contributed by atoms with E-state index in [0.717, 1.165) is 0 Å². The molecule has 29 heavy (non-hydrogen) atoms. The van der Waals surface area contributed by atoms with Crippen LogP contribution in [0.5, 0.6) is 0 Å². The second-order valence-corrected chi connectivity index (χ2v) is 7.06. The summed E-state index contributed by atoms with van der Waals surface area (Å²) in [6.07, 6.45) is -1.86. The average molecular weight is 418 g/mol. The van der Waals surface area contributed by atoms with Crippen LogP contribution in [0.25, 0.3) is 0 Å². The summed E-state index contributed by atoms with van der Waals surface area (Å²) in [6, 6.07) is -4.96. The Hall–Kier alpha value is -2.73. The first-order valence-corrected chi connectivity index (χ1v) is 9.07. The number of nitrogens with two attached hydrogens (primary N) is 1. The molecule has 0 aromatic heterocycles. The van der Waals surface area contributed by atoms with Crippen molar-refractivity contribution in [3.8, 4) is 0 Å². The van der Waals surface area contributed by atoms with Crippen molar-refractivity contribution in [1.29, 1.82) is 0 Å². The van der Waals surface area contributed by atoms with Crippen LogP contribution in [0.15, 0.2) is 0 Å². The van der Waals surface area contributed by atoms with Crippen LogP contribution in [0, 0.1) is 5.92 Å². The number of carbonyl (C=O) groups is 5. The lowest BCUT2D eigenvalue weighted by atomic mass is 10.0. The topological polar surface area (TPSA) is 208 Å². The lowest BCUT2D eigenvalue weighted by Gasteiger charge is -2.25. The number of aliphatic carboxylic acids is 2. The summed E-state index contributed by atoms with van der Waals surface area (Å²) in [5.74, 6) is -5.24. The molecule has 0 bridgehead atoms. The summed E-state index contributed by atoms with van der Waals surface area (Å²) in [6.45, 7) is 5.76. The van der Waals surface area contributed by atoms with E-state index in [1.54, 1.807) is 13.8 Å². The van der Waals surface area contributed by atoms with Gasteiger partial charge >= 0.3 is 11.9 Å². The van der Waals surface area contributed by atoms with Crippen LogP contribution in [0.1, 0.15) is 40.5 Å². The number of hydrogen-bond donors (Lipinski definition) is 7. The number of carboxylic acid groups (broad SMARTS) is 2. The zero-order valence-electron chi connectivity index (χ0n) is 16.8. The molecule has 166 valence electrons. The first-order valence-electron chi connectivity index (χ1n) is 9.07. The molecule has 12 heteroatoms. The van der Waals surface area contributed by atoms with Crippen molar-refractivity contribution in [2.75, 3.05) is 0 Å². The molecule has 0 heterocycles. The highest BCUT2D eigenvalue weighted by Gasteiger charge is 2.31. The highest BCUT2D eigenvalue weighted by atomic mass is 16.4. The van der Waals surface area contributed by atoms with E-state index in [4.69, 9.17) is 15.9 Å². The maximum absolute atomic E-state index is 12.4. The van der Waals surface area contributed by atoms with Gasteiger partial charge in [0.1, 0.15) is 18.1 Å². The third-order valence-electron chi connectivity index (χ3n) is 4.05. The lowest BCUT2D eigenvalue weighted by molar-refractivity contribution is -0.143. The first kappa shape index (κ1) is 26.3. The molecule has 0 aliphatic rings. The van der Waals surface area contributed by atoms with E-state index in [9.17, 15) is 29.1 Å². The molecule has 0 rings (SSSR count). The number of nitrogens with one attached hydrogen (secondary N) is 3. The maximum atomic E-state index is 12.4. The van der Waals surface area contributed by atoms with Gasteiger partial charge in [0.05, 0.1) is 12.1 Å². The van der Waals surface area contributed by atoms with Gasteiger partial charge in [-0.2, -0.15) is 0 Å². The van der Waals surface area contributed by atoms with Crippen molar-refractivity contribution in [2.45, 2.75) is 70.8 Å². The van der Waals surface area contributed by atoms with Crippen LogP contribution in [0.4, 0.5) is 0 Å². The molecule has 0 fully saturated rings. The zero-order chi connectivity index (χ0) is 22.9. The van der Waals surface area contributed by atoms with E-state index < -0.39 is 65.8 Å². The Morgan fingerprint density at radius 3 is 1.76 bits per heavy atom. The molecular weight excluding hydrogens is 388 g/mol. The Bertz CT molecular complexity index is 623. The Balaban J connectivity index is 4.96. The van der Waals surface area contributed by atoms with Gasteiger partial charge in [0.25, 0.3) is 0 Å². The molecule has 0 radical (unpaired) electrons. The van der Waals surface area contributed by atoms with Crippen molar-refractivity contribution in [1.82, 2.24) is 16.0 Å². The standard InChI is InChI=1S/C17H30N4O8/c1-7(2)12(17(28)29)20-14(25)8(3)19-16(27)13(9(4)22)21-15(26)10(18)5-6-11(23)24/h7-10,12-13,22H,5-6,18H2,1-4H3,(H,19,27)(H,20,25)(H,21,26)(H,23,24)(H,28,29)/t8-,9+,10-,12-,13-/m0/s1. The van der Waals surface area contributed by atoms with Gasteiger partial charge in [0.2, 0.25) is 17.7 Å². The fourth-order valence-electron chi connectivity index (χ4n) is 2.24. The minimum Gasteiger partial charge on any atom is -0.481 e. The normalized spacial score (nSPS) is 16.1. The number of aliphatic hydroxyl groups is 1. The first-order chi connectivity index (χ1) is 13.3. The summed E-state index contributed by atoms with van der Waals surface area (Å²) >= 11 is 0. The summed E-state index contributed by atoms with van der Waals surface area (Å²) in [7, 11) is 0. The fraction of sp³-hybridized carbons (Fsp3) is 0.706. The Labute approximate surface area is 168 Å². The van der Waals surface area contributed by atoms with Crippen LogP contribution in [0.3, 0.4) is 0 Å². The van der Waals surface area contributed by atoms with Gasteiger partial charge in [-0.1, -0.05) is 13.8 Å². The second kappa shape index (κ2) is 12.0. The molecule has 0 unspecified atom stereocenters. The molecule has 8 N–H and O–H groups in total. The van der Waals surface area contributed by atoms with Crippen molar-refractivity contribution < 1.29 is 39.3 Å². The molecule has 3 amide bonds. The molecule has 5 atom stereocenters. The third kappa shape index (κ3) is 9.34. The van der Waals surface area contributed by atoms with Gasteiger partial charge in [-0.3, -0.25) is 19.2 Å². The van der Waals surface area contributed by atoms with Crippen LogP contribution in [-0.4, -0.2) is 75.3 Å². The largest absolute Gasteiger partial charge is 0.481 e. The molecule has 0 aromatic rings. The van der Waals surface area contributed by atoms with Gasteiger partial charge < -0.3 is 37.0 Å². The molecule has 0 saturated carbocycles. The average Bonchev–Trinajstić information content (AvgIpc) is 2.60. The number of aliphatic hydroxyl groups excluding tert-OH is 1. The molecular formula is C17H30N4O8. The van der Waals surface area contributed by atoms with Crippen molar-refractivity contribution in [3.05, 3.63) is 0 Å². The molecule has 0 saturated heterocycles. The Morgan fingerprint density at radius 1 is 0.828 bits per heavy atom. The van der Waals surface area contributed by atoms with Gasteiger partial charge in [-0.05, 0) is 26.2 Å². The molecule has 12 nitrogen and oxygen atoms in total. The quantitative estimate of drug-likeness (QED) is 0.183. The van der Waals surface area contributed by atoms with Gasteiger partial charge in [0.15, 0.2) is 0 Å². The van der Waals surface area contributed by atoms with Crippen molar-refractivity contribution >= 4 is 29.7 Å². The third-order valence-corrected chi connectivity index (χ3v) is 4.05. The predicted molar refractivity (Wildman–Crippen MR) is 100 cm³/mol. The van der Waals surface area contributed by atoms with Gasteiger partial charge in [0, 0.05) is 6.42 Å². The van der Waals surface area contributed by atoms with E-state index in [1.165, 1.54) is 13.8 Å². The number of amides is 3. The summed E-state index contributed by atoms with van der Waals surface area (Å²) < 4.78 is 0. The van der Waals surface area contributed by atoms with Crippen molar-refractivity contribution in [2.24, 2.45) is 11.7 Å². The van der Waals surface area contributed by atoms with Crippen LogP contribution in [-0.2, 0) is 24.0 Å². The second-order valence-electron chi connectivity index (χ2n) is 7.06. The summed E-state index contributed by atoms with van der Waals surface area (Å²) in [5, 5.41) is 34.3. The molecule has 0 aliphatic heterocycles. The maximum Gasteiger partial charge on any atom is 0.326 e. The van der Waals surface area contributed by atoms with Crippen LogP contribution in [0.2, 0.25) is 0 Å². The van der Waals surface area contributed by atoms with E-state index >= 15 is 0 Å². The lowest BCUT2D eigenvalue weighted by Crippen LogP contribution is -2.59. The predicted octanol–water partition coefficient (Wildman–Crippen LogP) is -2.23. The molecule has 0 aliphatic carbocycles. The molecule has 0 aromatic carbocycles. The zero-order valence-corrected chi connectivity index (χ0v) is 16.8. The van der Waals surface area contributed by atoms with Crippen molar-refractivity contribution in [3.63, 3.8) is 0 Å². The number of carboxylic acids is 2. The highest BCUT2D eigenvalue weighted by Crippen LogP contribution is 2.03. The smallest absolute Gasteiger partial charge is 0.326 e. The SMILES string of the molecule is CC(C)[C@H](NC(=O)[C@H](C)NC(=O)[C@@H](NC(=O)[C@@H](N)CCC(=O)O)[C@@H](C)O)C(=O)O. The van der Waals surface area contributed by atoms with E-state index in [0.29, 0.717) is 0 Å². The van der Waals surface area contributed by atoms with Crippen LogP contribution >= 0.6 is 0 Å². The highest BCUT2D eigenvalue weighted by molar-refractivity contribution is 5.94. The molecule has 0 spiro atoms. The fourth-order valence-corrected chi connectivity index (χ4v) is 2.24. The van der Waals surface area contributed by atoms with E-state index in [-0.39, 0.29) is 12.8 Å². The van der Waals surface area contributed by atoms with Gasteiger partial charge in [-0.25, -0.2) is 4.79 Å². The Morgan fingerprint density at radius 2 is 1.34 bits per heavy atom. The number of rotatable bonds is 12. The van der Waals surface area contributed by atoms with E-state index in [2.05, 4.69) is 16.0 Å². The summed E-state index contributed by atoms with van der Waals surface area (Å²) in [5.41, 5.74) is 5.57. The monoisotopic (exact) mass is 418 g/mol. The summed E-state index contributed by atoms with van der Waals surface area (Å²) in [4.78, 5) is 58.3. The van der Waals surface area contributed by atoms with Crippen LogP contribution < -0.4 is 21.7 Å². The van der Waals surface area contributed by atoms with Gasteiger partial charge in [-0.15, -0.1) is 0 Å². The minimum absolute atomic E-state index is 0.167. The number of hydrogen-bond acceptors (Lipinski definition) is 7. The van der Waals surface area contributed by atoms with E-state index in [1.807, 2.05) is 0 Å². The minimum atomic E-state index is -1.45.